The van der Waals surface area contributed by atoms with Gasteiger partial charge in [0.1, 0.15) is 0 Å². The molecule has 0 unspecified atom stereocenters. The number of hydrogen-bond donors (Lipinski definition) is 3. The highest BCUT2D eigenvalue weighted by Crippen LogP contribution is 2.44. The van der Waals surface area contributed by atoms with Gasteiger partial charge in [-0.1, -0.05) is 32.9 Å². The number of carbonyl (C=O) groups is 2. The zero-order valence-electron chi connectivity index (χ0n) is 19.1. The second-order valence-electron chi connectivity index (χ2n) is 9.91. The van der Waals surface area contributed by atoms with Crippen molar-refractivity contribution in [3.05, 3.63) is 59.2 Å². The van der Waals surface area contributed by atoms with Gasteiger partial charge in [0.15, 0.2) is 11.7 Å². The van der Waals surface area contributed by atoms with Crippen molar-refractivity contribution in [2.24, 2.45) is 10.4 Å². The van der Waals surface area contributed by atoms with Crippen LogP contribution in [0.15, 0.2) is 47.5 Å². The minimum Gasteiger partial charge on any atom is -0.356 e. The predicted molar refractivity (Wildman–Crippen MR) is 129 cm³/mol. The Bertz CT molecular complexity index is 1050. The monoisotopic (exact) mass is 432 g/mol. The van der Waals surface area contributed by atoms with Gasteiger partial charge >= 0.3 is 0 Å². The predicted octanol–water partition coefficient (Wildman–Crippen LogP) is 5.01. The van der Waals surface area contributed by atoms with Gasteiger partial charge in [-0.25, -0.2) is 0 Å². The highest BCUT2D eigenvalue weighted by atomic mass is 16.2. The van der Waals surface area contributed by atoms with E-state index in [1.807, 2.05) is 42.5 Å². The summed E-state index contributed by atoms with van der Waals surface area (Å²) in [4.78, 5) is 29.7. The van der Waals surface area contributed by atoms with Crippen LogP contribution in [0, 0.1) is 5.41 Å². The molecular formula is C26H32N4O2. The van der Waals surface area contributed by atoms with Gasteiger partial charge in [0.25, 0.3) is 5.91 Å². The fourth-order valence-corrected chi connectivity index (χ4v) is 3.86. The Hall–Kier alpha value is -3.15. The Morgan fingerprint density at radius 2 is 1.91 bits per heavy atom. The second kappa shape index (κ2) is 9.15. The van der Waals surface area contributed by atoms with E-state index >= 15 is 0 Å². The van der Waals surface area contributed by atoms with Gasteiger partial charge in [-0.2, -0.15) is 0 Å². The van der Waals surface area contributed by atoms with E-state index in [1.54, 1.807) is 0 Å². The lowest BCUT2D eigenvalue weighted by molar-refractivity contribution is 0.0938. The van der Waals surface area contributed by atoms with Crippen LogP contribution in [0.5, 0.6) is 0 Å². The minimum atomic E-state index is -0.152. The smallest absolute Gasteiger partial charge is 0.257 e. The summed E-state index contributed by atoms with van der Waals surface area (Å²) in [5.74, 6) is 1.01. The van der Waals surface area contributed by atoms with Crippen LogP contribution < -0.4 is 16.0 Å². The Labute approximate surface area is 189 Å². The normalized spacial score (nSPS) is 16.0. The molecule has 1 fully saturated rings. The summed E-state index contributed by atoms with van der Waals surface area (Å²) in [6.45, 7) is 7.78. The number of Topliss-reactive ketones (excluding diaryl/α,β-unsaturated/α-hetero) is 1. The molecule has 2 aliphatic rings. The van der Waals surface area contributed by atoms with Crippen molar-refractivity contribution in [3.8, 4) is 0 Å². The Balaban J connectivity index is 1.52. The Morgan fingerprint density at radius 3 is 2.59 bits per heavy atom. The number of rotatable bonds is 6. The molecule has 3 N–H and O–H groups in total. The summed E-state index contributed by atoms with van der Waals surface area (Å²) in [7, 11) is 0. The van der Waals surface area contributed by atoms with Gasteiger partial charge in [0.2, 0.25) is 0 Å². The quantitative estimate of drug-likeness (QED) is 0.561. The maximum atomic E-state index is 12.7. The minimum absolute atomic E-state index is 0.0469. The number of carbonyl (C=O) groups excluding carboxylic acids is 2. The third-order valence-electron chi connectivity index (χ3n) is 5.61. The molecule has 6 heteroatoms. The van der Waals surface area contributed by atoms with E-state index in [1.165, 1.54) is 0 Å². The van der Waals surface area contributed by atoms with Gasteiger partial charge in [0.05, 0.1) is 0 Å². The molecule has 4 rings (SSSR count). The summed E-state index contributed by atoms with van der Waals surface area (Å²) < 4.78 is 0. The molecule has 1 aliphatic heterocycles. The van der Waals surface area contributed by atoms with Crippen molar-refractivity contribution in [1.82, 2.24) is 10.6 Å². The number of nitrogens with zero attached hydrogens (tertiary/aromatic N) is 1. The second-order valence-corrected chi connectivity index (χ2v) is 9.91. The van der Waals surface area contributed by atoms with Gasteiger partial charge in [-0.05, 0) is 66.5 Å². The van der Waals surface area contributed by atoms with Gasteiger partial charge in [0, 0.05) is 42.0 Å². The third-order valence-corrected chi connectivity index (χ3v) is 5.61. The molecule has 0 radical (unpaired) electrons. The van der Waals surface area contributed by atoms with Gasteiger partial charge in [-0.3, -0.25) is 19.9 Å². The molecule has 0 bridgehead atoms. The van der Waals surface area contributed by atoms with Crippen LogP contribution in [0.3, 0.4) is 0 Å². The molecule has 0 aromatic heterocycles. The van der Waals surface area contributed by atoms with E-state index in [0.29, 0.717) is 23.9 Å². The Kier molecular flexibility index (Phi) is 6.31. The first kappa shape index (κ1) is 22.1. The molecule has 1 heterocycles. The molecule has 168 valence electrons. The molecule has 6 nitrogen and oxygen atoms in total. The number of nitrogens with one attached hydrogen (secondary N) is 3. The number of aliphatic imine (C=N–C) groups is 1. The van der Waals surface area contributed by atoms with Crippen LogP contribution in [-0.4, -0.2) is 30.7 Å². The summed E-state index contributed by atoms with van der Waals surface area (Å²) in [5, 5.41) is 9.47. The average molecular weight is 433 g/mol. The number of guanidine groups is 1. The lowest BCUT2D eigenvalue weighted by atomic mass is 9.88. The first-order valence-corrected chi connectivity index (χ1v) is 11.4. The summed E-state index contributed by atoms with van der Waals surface area (Å²) >= 11 is 0. The van der Waals surface area contributed by atoms with Gasteiger partial charge < -0.3 is 10.6 Å². The zero-order valence-corrected chi connectivity index (χ0v) is 19.1. The molecule has 2 aromatic carbocycles. The third kappa shape index (κ3) is 5.75. The van der Waals surface area contributed by atoms with Crippen LogP contribution >= 0.6 is 0 Å². The number of anilines is 2. The fraction of sp³-hybridized carbons (Fsp3) is 0.423. The highest BCUT2D eigenvalue weighted by Gasteiger charge is 2.27. The lowest BCUT2D eigenvalue weighted by Gasteiger charge is -2.18. The Morgan fingerprint density at radius 1 is 1.09 bits per heavy atom. The molecule has 2 aromatic rings. The van der Waals surface area contributed by atoms with E-state index in [2.05, 4.69) is 41.7 Å². The number of ketones is 1. The maximum absolute atomic E-state index is 12.7. The summed E-state index contributed by atoms with van der Waals surface area (Å²) in [6, 6.07) is 13.4. The zero-order chi connectivity index (χ0) is 22.7. The van der Waals surface area contributed by atoms with Crippen molar-refractivity contribution in [3.63, 3.8) is 0 Å². The molecule has 1 saturated carbocycles. The average Bonchev–Trinajstić information content (AvgIpc) is 3.59. The van der Waals surface area contributed by atoms with Gasteiger partial charge in [-0.15, -0.1) is 0 Å². The fourth-order valence-electron chi connectivity index (χ4n) is 3.86. The molecule has 0 spiro atoms. The topological polar surface area (TPSA) is 82.6 Å². The first-order chi connectivity index (χ1) is 15.3. The molecule has 1 amide bonds. The van der Waals surface area contributed by atoms with E-state index in [-0.39, 0.29) is 17.1 Å². The number of amides is 1. The number of hydrogen-bond acceptors (Lipinski definition) is 5. The van der Waals surface area contributed by atoms with Crippen LogP contribution in [0.2, 0.25) is 0 Å². The number of benzene rings is 2. The highest BCUT2D eigenvalue weighted by molar-refractivity contribution is 6.06. The summed E-state index contributed by atoms with van der Waals surface area (Å²) in [6.07, 6.45) is 3.73. The molecule has 1 aliphatic carbocycles. The van der Waals surface area contributed by atoms with Crippen molar-refractivity contribution in [2.45, 2.75) is 52.4 Å². The standard InChI is InChI=1S/C26H32N4O2/c1-26(2,3)16-23(31)18-6-4-7-20(14-18)29-22-11-10-19(15-21(22)17-8-9-17)24(32)30-25-27-12-5-13-28-25/h4,6-7,10-11,14-15,17,29H,5,8-9,12-13,16H2,1-3H3,(H2,27,28,30,32). The molecule has 32 heavy (non-hydrogen) atoms. The van der Waals surface area contributed by atoms with E-state index < -0.39 is 0 Å². The first-order valence-electron chi connectivity index (χ1n) is 11.4. The van der Waals surface area contributed by atoms with Crippen LogP contribution in [0.1, 0.15) is 78.7 Å². The van der Waals surface area contributed by atoms with Crippen molar-refractivity contribution < 1.29 is 9.59 Å². The van der Waals surface area contributed by atoms with Crippen molar-refractivity contribution >= 4 is 29.0 Å². The van der Waals surface area contributed by atoms with E-state index in [4.69, 9.17) is 0 Å². The van der Waals surface area contributed by atoms with Crippen molar-refractivity contribution in [1.29, 1.82) is 0 Å². The van der Waals surface area contributed by atoms with Crippen molar-refractivity contribution in [2.75, 3.05) is 18.4 Å². The molecule has 0 saturated heterocycles. The van der Waals surface area contributed by atoms with Crippen LogP contribution in [-0.2, 0) is 0 Å². The van der Waals surface area contributed by atoms with E-state index in [9.17, 15) is 9.59 Å². The molecule has 0 atom stereocenters. The summed E-state index contributed by atoms with van der Waals surface area (Å²) in [5.41, 5.74) is 4.30. The SMILES string of the molecule is CC(C)(C)CC(=O)c1cccc(Nc2ccc(C(=O)NC3=NCCCN3)cc2C2CC2)c1. The van der Waals surface area contributed by atoms with E-state index in [0.717, 1.165) is 54.9 Å². The lowest BCUT2D eigenvalue weighted by Crippen LogP contribution is -2.43. The maximum Gasteiger partial charge on any atom is 0.257 e. The largest absolute Gasteiger partial charge is 0.356 e. The molecular weight excluding hydrogens is 400 g/mol. The van der Waals surface area contributed by atoms with Crippen LogP contribution in [0.4, 0.5) is 11.4 Å². The van der Waals surface area contributed by atoms with Crippen LogP contribution in [0.25, 0.3) is 0 Å².